The highest BCUT2D eigenvalue weighted by Gasteiger charge is 2.57. The van der Waals surface area contributed by atoms with Gasteiger partial charge in [0.25, 0.3) is 0 Å². The lowest BCUT2D eigenvalue weighted by Gasteiger charge is -2.62. The highest BCUT2D eigenvalue weighted by atomic mass is 16.7. The molecule has 11 heteroatoms. The molecule has 1 heterocycles. The second-order valence-corrected chi connectivity index (χ2v) is 17.3. The van der Waals surface area contributed by atoms with Crippen molar-refractivity contribution in [2.24, 2.45) is 35.0 Å². The van der Waals surface area contributed by atoms with E-state index < -0.39 is 24.2 Å². The smallest absolute Gasteiger partial charge is 0.244 e. The Labute approximate surface area is 324 Å². The molecule has 0 spiro atoms. The molecule has 1 aromatic carbocycles. The molecule has 1 aromatic rings. The third-order valence-electron chi connectivity index (χ3n) is 12.4. The van der Waals surface area contributed by atoms with Crippen LogP contribution in [0.2, 0.25) is 0 Å². The summed E-state index contributed by atoms with van der Waals surface area (Å²) in [4.78, 5) is 38.0. The molecule has 1 saturated heterocycles. The number of nitrogens with zero attached hydrogens (tertiary/aromatic N) is 3. The van der Waals surface area contributed by atoms with Gasteiger partial charge in [-0.15, -0.1) is 0 Å². The summed E-state index contributed by atoms with van der Waals surface area (Å²) in [6, 6.07) is 4.96. The summed E-state index contributed by atoms with van der Waals surface area (Å²) in [5.41, 5.74) is 3.24. The average Bonchev–Trinajstić information content (AvgIpc) is 3.48. The average molecular weight is 752 g/mol. The van der Waals surface area contributed by atoms with Gasteiger partial charge >= 0.3 is 0 Å². The Kier molecular flexibility index (Phi) is 15.0. The van der Waals surface area contributed by atoms with Crippen LogP contribution in [-0.4, -0.2) is 115 Å². The van der Waals surface area contributed by atoms with Crippen molar-refractivity contribution in [1.29, 1.82) is 0 Å². The summed E-state index contributed by atoms with van der Waals surface area (Å²) < 4.78 is 6.08. The molecule has 9 atom stereocenters. The van der Waals surface area contributed by atoms with Gasteiger partial charge in [0, 0.05) is 61.0 Å². The van der Waals surface area contributed by atoms with Crippen LogP contribution in [-0.2, 0) is 21.0 Å². The quantitative estimate of drug-likeness (QED) is 0.123. The van der Waals surface area contributed by atoms with E-state index in [0.29, 0.717) is 29.4 Å². The maximum absolute atomic E-state index is 14.3. The number of ether oxygens (including phenoxy) is 1. The van der Waals surface area contributed by atoms with Crippen molar-refractivity contribution < 1.29 is 29.4 Å². The number of fused-ring (bicyclic) bond motifs is 2. The summed E-state index contributed by atoms with van der Waals surface area (Å²) in [5.74, 6) is 1.39. The van der Waals surface area contributed by atoms with Crippen LogP contribution in [0.4, 0.5) is 0 Å². The van der Waals surface area contributed by atoms with Crippen LogP contribution in [0, 0.1) is 35.0 Å². The molecule has 11 nitrogen and oxygen atoms in total. The lowest BCUT2D eigenvalue weighted by Crippen LogP contribution is -2.62. The zero-order chi connectivity index (χ0) is 40.1. The van der Waals surface area contributed by atoms with E-state index in [2.05, 4.69) is 56.7 Å². The van der Waals surface area contributed by atoms with E-state index in [1.165, 1.54) is 6.42 Å². The minimum absolute atomic E-state index is 0.00122. The number of para-hydroxylation sites is 1. The topological polar surface area (TPSA) is 127 Å². The van der Waals surface area contributed by atoms with Crippen LogP contribution in [0.25, 0.3) is 5.57 Å². The second-order valence-electron chi connectivity index (χ2n) is 17.3. The summed E-state index contributed by atoms with van der Waals surface area (Å²) in [5, 5.41) is 29.5. The number of aliphatic hydroxyl groups is 2. The van der Waals surface area contributed by atoms with Gasteiger partial charge in [0.2, 0.25) is 11.8 Å². The lowest BCUT2D eigenvalue weighted by atomic mass is 9.45. The van der Waals surface area contributed by atoms with Crippen molar-refractivity contribution in [2.45, 2.75) is 105 Å². The Morgan fingerprint density at radius 3 is 2.43 bits per heavy atom. The number of carbonyl (C=O) groups excluding carboxylic acids is 2. The summed E-state index contributed by atoms with van der Waals surface area (Å²) >= 11 is 0. The zero-order valence-corrected chi connectivity index (χ0v) is 34.8. The first-order valence-corrected chi connectivity index (χ1v) is 19.9. The Morgan fingerprint density at radius 2 is 1.87 bits per heavy atom. The van der Waals surface area contributed by atoms with Crippen molar-refractivity contribution in [3.8, 4) is 5.75 Å². The molecule has 2 amide bonds. The van der Waals surface area contributed by atoms with E-state index in [1.807, 2.05) is 57.2 Å². The van der Waals surface area contributed by atoms with E-state index in [-0.39, 0.29) is 42.5 Å². The molecule has 4 fully saturated rings. The standard InChI is InChI=1S/C43H69N5O6/c1-13-47(11)27(4)20-30(17-18-38(51)44-33(19-26(2)3)24-46(9)10)34-16-14-15-31(41(34)53-12)23-48-40(39(29(6)50)37(25-49)54-48)42(52)45-36-22-32-21-35(28(36)5)43(32,7)8/h14-18,20,26,28-29,32-33,35-37,39-40,49-50H,4,13,19,21-25H2,1-3,5-12H3,(H,44,51)(H,45,52)/b18-17+,30-20+/t28-,29-,32-,33-,35-,36-,37-,39+,40-/m0/s1. The fourth-order valence-corrected chi connectivity index (χ4v) is 9.14. The third-order valence-corrected chi connectivity index (χ3v) is 12.4. The maximum atomic E-state index is 14.3. The van der Waals surface area contributed by atoms with Gasteiger partial charge in [0.1, 0.15) is 17.9 Å². The molecule has 1 aliphatic heterocycles. The van der Waals surface area contributed by atoms with E-state index in [0.717, 1.165) is 48.3 Å². The zero-order valence-electron chi connectivity index (χ0n) is 34.8. The van der Waals surface area contributed by atoms with Crippen molar-refractivity contribution in [2.75, 3.05) is 47.9 Å². The highest BCUT2D eigenvalue weighted by molar-refractivity contribution is 5.92. The van der Waals surface area contributed by atoms with Crippen molar-refractivity contribution in [3.63, 3.8) is 0 Å². The third kappa shape index (κ3) is 9.95. The molecule has 0 unspecified atom stereocenters. The van der Waals surface area contributed by atoms with E-state index in [4.69, 9.17) is 9.57 Å². The van der Waals surface area contributed by atoms with Gasteiger partial charge in [-0.05, 0) is 94.0 Å². The molecule has 5 rings (SSSR count). The van der Waals surface area contributed by atoms with E-state index >= 15 is 0 Å². The number of benzene rings is 1. The number of amides is 2. The molecule has 54 heavy (non-hydrogen) atoms. The van der Waals surface area contributed by atoms with Gasteiger partial charge in [0.15, 0.2) is 0 Å². The normalized spacial score (nSPS) is 27.8. The summed E-state index contributed by atoms with van der Waals surface area (Å²) in [6.45, 7) is 20.5. The molecule has 4 aliphatic rings. The van der Waals surface area contributed by atoms with E-state index in [9.17, 15) is 19.8 Å². The first kappa shape index (κ1) is 43.5. The van der Waals surface area contributed by atoms with Crippen LogP contribution >= 0.6 is 0 Å². The van der Waals surface area contributed by atoms with E-state index in [1.54, 1.807) is 31.2 Å². The van der Waals surface area contributed by atoms with Gasteiger partial charge < -0.3 is 35.4 Å². The number of hydrogen-bond acceptors (Lipinski definition) is 9. The highest BCUT2D eigenvalue weighted by Crippen LogP contribution is 2.61. The first-order chi connectivity index (χ1) is 25.4. The number of hydrogen-bond donors (Lipinski definition) is 4. The number of methoxy groups -OCH3 is 1. The number of allylic oxidation sites excluding steroid dienone is 3. The largest absolute Gasteiger partial charge is 0.496 e. The number of rotatable bonds is 18. The molecular formula is C43H69N5O6. The maximum Gasteiger partial charge on any atom is 0.244 e. The fraction of sp³-hybridized carbons (Fsp3) is 0.674. The number of aliphatic hydroxyl groups excluding tert-OH is 2. The number of hydroxylamine groups is 2. The van der Waals surface area contributed by atoms with Crippen molar-refractivity contribution in [3.05, 3.63) is 59.8 Å². The number of nitrogens with one attached hydrogen (secondary N) is 2. The van der Waals surface area contributed by atoms with Crippen LogP contribution in [0.1, 0.15) is 78.9 Å². The number of carbonyl (C=O) groups is 2. The molecule has 3 aliphatic carbocycles. The van der Waals surface area contributed by atoms with Crippen molar-refractivity contribution >= 4 is 17.4 Å². The van der Waals surface area contributed by atoms with Crippen LogP contribution in [0.15, 0.2) is 48.7 Å². The van der Waals surface area contributed by atoms with Gasteiger partial charge in [0.05, 0.1) is 26.4 Å². The van der Waals surface area contributed by atoms with Crippen molar-refractivity contribution in [1.82, 2.24) is 25.5 Å². The molecule has 4 N–H and O–H groups in total. The molecule has 0 radical (unpaired) electrons. The van der Waals surface area contributed by atoms with Gasteiger partial charge in [-0.1, -0.05) is 59.4 Å². The molecule has 0 aromatic heterocycles. The molecule has 2 bridgehead atoms. The van der Waals surface area contributed by atoms with Crippen LogP contribution < -0.4 is 15.4 Å². The van der Waals surface area contributed by atoms with Gasteiger partial charge in [-0.3, -0.25) is 14.4 Å². The van der Waals surface area contributed by atoms with Gasteiger partial charge in [-0.25, -0.2) is 0 Å². The first-order valence-electron chi connectivity index (χ1n) is 19.9. The SMILES string of the molecule is C=C(/C=C(\C=C\C(=O)N[C@@H](CC(C)C)CN(C)C)c1cccc(CN2O[C@@H](CO)[C@@H]([C@H](C)O)[C@H]2C(=O)N[C@H]2C[C@@H]3C[C@@H]([C@@H]2C)C3(C)C)c1OC)N(C)CC. The minimum Gasteiger partial charge on any atom is -0.496 e. The minimum atomic E-state index is -0.905. The van der Waals surface area contributed by atoms with Crippen LogP contribution in [0.3, 0.4) is 0 Å². The van der Waals surface area contributed by atoms with Crippen LogP contribution in [0.5, 0.6) is 5.75 Å². The monoisotopic (exact) mass is 752 g/mol. The molecule has 3 saturated carbocycles. The molecular weight excluding hydrogens is 683 g/mol. The van der Waals surface area contributed by atoms with Gasteiger partial charge in [-0.2, -0.15) is 5.06 Å². The predicted octanol–water partition coefficient (Wildman–Crippen LogP) is 4.85. The Morgan fingerprint density at radius 1 is 1.17 bits per heavy atom. The Hall–Kier alpha value is -3.22. The Balaban J connectivity index is 1.66. The summed E-state index contributed by atoms with van der Waals surface area (Å²) in [7, 11) is 7.56. The second kappa shape index (κ2) is 18.6. The number of likely N-dealkylation sites (N-methyl/N-ethyl adjacent to an activating group) is 2. The molecule has 302 valence electrons. The Bertz CT molecular complexity index is 1510. The lowest BCUT2D eigenvalue weighted by molar-refractivity contribution is -0.183. The summed E-state index contributed by atoms with van der Waals surface area (Å²) in [6.07, 6.45) is 6.60. The fourth-order valence-electron chi connectivity index (χ4n) is 9.14. The predicted molar refractivity (Wildman–Crippen MR) is 215 cm³/mol.